The summed E-state index contributed by atoms with van der Waals surface area (Å²) in [6, 6.07) is 16.5. The molecule has 4 heterocycles. The van der Waals surface area contributed by atoms with Crippen LogP contribution >= 0.6 is 67.9 Å². The second-order valence-electron chi connectivity index (χ2n) is 7.66. The zero-order valence-corrected chi connectivity index (χ0v) is 23.5. The minimum atomic E-state index is 0.791. The van der Waals surface area contributed by atoms with Gasteiger partial charge in [0, 0.05) is 31.1 Å². The summed E-state index contributed by atoms with van der Waals surface area (Å²) in [5.74, 6) is 1.58. The van der Waals surface area contributed by atoms with Crippen LogP contribution in [0.25, 0.3) is 32.7 Å². The lowest BCUT2D eigenvalue weighted by Crippen LogP contribution is -1.95. The summed E-state index contributed by atoms with van der Waals surface area (Å²) in [5, 5.41) is 29.0. The SMILES string of the molecule is Ic1cccc(-c2nnc3sc(CCCCc4nn5c(-c6cccc(I)c6)nnc5s4)nn23)c1. The van der Waals surface area contributed by atoms with Crippen LogP contribution in [0.4, 0.5) is 0 Å². The summed E-state index contributed by atoms with van der Waals surface area (Å²) in [4.78, 5) is 1.67. The van der Waals surface area contributed by atoms with Crippen molar-refractivity contribution in [1.82, 2.24) is 39.6 Å². The standard InChI is InChI=1S/C22H16I2N8S2/c23-15-7-3-5-13(11-15)19-25-27-21-31(19)29-17(33-21)9-1-2-10-18-30-32-20(26-28-22(32)34-18)14-6-4-8-16(24)12-14/h3-8,11-12H,1-2,9-10H2. The van der Waals surface area contributed by atoms with Crippen molar-refractivity contribution in [1.29, 1.82) is 0 Å². The monoisotopic (exact) mass is 710 g/mol. The Balaban J connectivity index is 1.11. The summed E-state index contributed by atoms with van der Waals surface area (Å²) in [5.41, 5.74) is 2.06. The van der Waals surface area contributed by atoms with Crippen LogP contribution in [0.15, 0.2) is 48.5 Å². The first-order valence-electron chi connectivity index (χ1n) is 10.6. The molecule has 8 nitrogen and oxygen atoms in total. The van der Waals surface area contributed by atoms with E-state index in [1.54, 1.807) is 22.7 Å². The number of rotatable bonds is 7. The van der Waals surface area contributed by atoms with Gasteiger partial charge in [-0.25, -0.2) is 0 Å². The normalized spacial score (nSPS) is 11.7. The maximum atomic E-state index is 4.77. The van der Waals surface area contributed by atoms with Crippen LogP contribution in [0.1, 0.15) is 22.9 Å². The largest absolute Gasteiger partial charge is 0.234 e. The summed E-state index contributed by atoms with van der Waals surface area (Å²) < 4.78 is 6.05. The molecule has 4 aromatic heterocycles. The minimum Gasteiger partial charge on any atom is -0.183 e. The van der Waals surface area contributed by atoms with Crippen molar-refractivity contribution < 1.29 is 0 Å². The third-order valence-electron chi connectivity index (χ3n) is 5.26. The average Bonchev–Trinajstić information content (AvgIpc) is 3.57. The van der Waals surface area contributed by atoms with Gasteiger partial charge in [-0.2, -0.15) is 19.2 Å². The van der Waals surface area contributed by atoms with Gasteiger partial charge in [0.15, 0.2) is 11.6 Å². The van der Waals surface area contributed by atoms with Gasteiger partial charge in [-0.05, 0) is 82.3 Å². The van der Waals surface area contributed by atoms with E-state index in [4.69, 9.17) is 10.2 Å². The highest BCUT2D eigenvalue weighted by Crippen LogP contribution is 2.25. The Labute approximate surface area is 229 Å². The molecule has 0 aliphatic rings. The Morgan fingerprint density at radius 1 is 0.647 bits per heavy atom. The zero-order valence-electron chi connectivity index (χ0n) is 17.6. The second kappa shape index (κ2) is 9.54. The Morgan fingerprint density at radius 2 is 1.12 bits per heavy atom. The van der Waals surface area contributed by atoms with Crippen LogP contribution in [0.3, 0.4) is 0 Å². The highest BCUT2D eigenvalue weighted by Gasteiger charge is 2.15. The quantitative estimate of drug-likeness (QED) is 0.154. The van der Waals surface area contributed by atoms with Crippen molar-refractivity contribution in [2.24, 2.45) is 0 Å². The first-order valence-corrected chi connectivity index (χ1v) is 14.4. The number of hydrogen-bond acceptors (Lipinski definition) is 8. The van der Waals surface area contributed by atoms with Gasteiger partial charge in [-0.1, -0.05) is 46.9 Å². The number of unbranched alkanes of at least 4 members (excludes halogenated alkanes) is 1. The topological polar surface area (TPSA) is 86.2 Å². The molecule has 6 rings (SSSR count). The molecule has 0 fully saturated rings. The molecule has 0 saturated heterocycles. The van der Waals surface area contributed by atoms with Crippen molar-refractivity contribution >= 4 is 77.8 Å². The van der Waals surface area contributed by atoms with E-state index in [1.807, 2.05) is 33.3 Å². The molecule has 0 N–H and O–H groups in total. The van der Waals surface area contributed by atoms with E-state index in [0.717, 1.165) is 68.4 Å². The predicted octanol–water partition coefficient (Wildman–Crippen LogP) is 5.79. The fourth-order valence-electron chi connectivity index (χ4n) is 3.68. The van der Waals surface area contributed by atoms with Gasteiger partial charge >= 0.3 is 0 Å². The molecule has 2 aromatic carbocycles. The molecule has 0 aliphatic carbocycles. The lowest BCUT2D eigenvalue weighted by atomic mass is 10.2. The molecule has 0 radical (unpaired) electrons. The number of halogens is 2. The molecule has 12 heteroatoms. The molecule has 6 aromatic rings. The first kappa shape index (κ1) is 22.4. The summed E-state index contributed by atoms with van der Waals surface area (Å²) in [6.07, 6.45) is 3.90. The zero-order chi connectivity index (χ0) is 23.1. The summed E-state index contributed by atoms with van der Waals surface area (Å²) in [7, 11) is 0. The molecule has 0 amide bonds. The average molecular weight is 710 g/mol. The molecular formula is C22H16I2N8S2. The molecule has 0 unspecified atom stereocenters. The fourth-order valence-corrected chi connectivity index (χ4v) is 6.52. The van der Waals surface area contributed by atoms with Crippen molar-refractivity contribution in [2.75, 3.05) is 0 Å². The van der Waals surface area contributed by atoms with E-state index in [1.165, 1.54) is 7.14 Å². The number of nitrogens with zero attached hydrogens (tertiary/aromatic N) is 8. The molecule has 0 bridgehead atoms. The minimum absolute atomic E-state index is 0.791. The maximum Gasteiger partial charge on any atom is 0.234 e. The van der Waals surface area contributed by atoms with Gasteiger partial charge in [0.05, 0.1) is 0 Å². The van der Waals surface area contributed by atoms with Gasteiger partial charge < -0.3 is 0 Å². The number of fused-ring (bicyclic) bond motifs is 2. The van der Waals surface area contributed by atoms with Crippen molar-refractivity contribution in [2.45, 2.75) is 25.7 Å². The maximum absolute atomic E-state index is 4.77. The Kier molecular flexibility index (Phi) is 6.30. The number of hydrogen-bond donors (Lipinski definition) is 0. The van der Waals surface area contributed by atoms with Gasteiger partial charge in [-0.15, -0.1) is 20.4 Å². The Hall–Kier alpha value is -2.04. The first-order chi connectivity index (χ1) is 16.6. The van der Waals surface area contributed by atoms with E-state index < -0.39 is 0 Å². The highest BCUT2D eigenvalue weighted by atomic mass is 127. The van der Waals surface area contributed by atoms with E-state index in [-0.39, 0.29) is 0 Å². The van der Waals surface area contributed by atoms with Crippen LogP contribution in [-0.2, 0) is 12.8 Å². The Bertz CT molecular complexity index is 1500. The number of aryl methyl sites for hydroxylation is 2. The highest BCUT2D eigenvalue weighted by molar-refractivity contribution is 14.1. The lowest BCUT2D eigenvalue weighted by molar-refractivity contribution is 0.710. The molecular weight excluding hydrogens is 694 g/mol. The van der Waals surface area contributed by atoms with Crippen LogP contribution in [-0.4, -0.2) is 39.6 Å². The van der Waals surface area contributed by atoms with Crippen LogP contribution in [0.5, 0.6) is 0 Å². The van der Waals surface area contributed by atoms with E-state index >= 15 is 0 Å². The van der Waals surface area contributed by atoms with Crippen LogP contribution in [0, 0.1) is 7.14 Å². The molecule has 0 aliphatic heterocycles. The smallest absolute Gasteiger partial charge is 0.183 e. The predicted molar refractivity (Wildman–Crippen MR) is 150 cm³/mol. The molecule has 0 saturated carbocycles. The van der Waals surface area contributed by atoms with Crippen LogP contribution < -0.4 is 0 Å². The van der Waals surface area contributed by atoms with Gasteiger partial charge in [0.1, 0.15) is 10.0 Å². The fraction of sp³-hybridized carbons (Fsp3) is 0.182. The van der Waals surface area contributed by atoms with E-state index in [9.17, 15) is 0 Å². The molecule has 0 atom stereocenters. The van der Waals surface area contributed by atoms with Gasteiger partial charge in [-0.3, -0.25) is 0 Å². The third kappa shape index (κ3) is 4.47. The van der Waals surface area contributed by atoms with E-state index in [2.05, 4.69) is 89.8 Å². The van der Waals surface area contributed by atoms with Crippen molar-refractivity contribution in [3.63, 3.8) is 0 Å². The second-order valence-corrected chi connectivity index (χ2v) is 12.2. The van der Waals surface area contributed by atoms with Crippen LogP contribution in [0.2, 0.25) is 0 Å². The molecule has 0 spiro atoms. The number of aromatic nitrogens is 8. The van der Waals surface area contributed by atoms with Crippen molar-refractivity contribution in [3.8, 4) is 22.8 Å². The lowest BCUT2D eigenvalue weighted by Gasteiger charge is -1.99. The molecule has 34 heavy (non-hydrogen) atoms. The van der Waals surface area contributed by atoms with E-state index in [0.29, 0.717) is 0 Å². The summed E-state index contributed by atoms with van der Waals surface area (Å²) in [6.45, 7) is 0. The van der Waals surface area contributed by atoms with Gasteiger partial charge in [0.25, 0.3) is 0 Å². The van der Waals surface area contributed by atoms with Gasteiger partial charge in [0.2, 0.25) is 9.92 Å². The number of benzene rings is 2. The third-order valence-corrected chi connectivity index (χ3v) is 8.52. The summed E-state index contributed by atoms with van der Waals surface area (Å²) >= 11 is 7.83. The Morgan fingerprint density at radius 3 is 1.56 bits per heavy atom. The molecule has 170 valence electrons. The van der Waals surface area contributed by atoms with Crippen molar-refractivity contribution in [3.05, 3.63) is 65.7 Å².